The third-order valence-corrected chi connectivity index (χ3v) is 5.14. The van der Waals surface area contributed by atoms with E-state index in [2.05, 4.69) is 11.0 Å². The normalized spacial score (nSPS) is 19.9. The third kappa shape index (κ3) is 2.88. The SMILES string of the molecule is CCOC(=O)C1CCc2sc(N(CCC#N)C3CC3)nc21. The zero-order chi connectivity index (χ0) is 14.8. The van der Waals surface area contributed by atoms with Crippen LogP contribution in [-0.4, -0.2) is 30.1 Å². The van der Waals surface area contributed by atoms with Gasteiger partial charge in [0.05, 0.1) is 24.8 Å². The lowest BCUT2D eigenvalue weighted by Crippen LogP contribution is -2.26. The van der Waals surface area contributed by atoms with Crippen LogP contribution in [0.2, 0.25) is 0 Å². The van der Waals surface area contributed by atoms with Gasteiger partial charge in [-0.1, -0.05) is 0 Å². The number of fused-ring (bicyclic) bond motifs is 1. The second-order valence-corrected chi connectivity index (χ2v) is 6.54. The largest absolute Gasteiger partial charge is 0.465 e. The number of aromatic nitrogens is 1. The number of thiazole rings is 1. The molecule has 2 aliphatic carbocycles. The lowest BCUT2D eigenvalue weighted by Gasteiger charge is -2.20. The Labute approximate surface area is 128 Å². The van der Waals surface area contributed by atoms with Gasteiger partial charge in [-0.3, -0.25) is 4.79 Å². The monoisotopic (exact) mass is 305 g/mol. The average Bonchev–Trinajstić information content (AvgIpc) is 3.08. The Hall–Kier alpha value is -1.61. The number of esters is 1. The van der Waals surface area contributed by atoms with Crippen molar-refractivity contribution in [2.75, 3.05) is 18.1 Å². The minimum atomic E-state index is -0.193. The van der Waals surface area contributed by atoms with Crippen LogP contribution >= 0.6 is 11.3 Å². The highest BCUT2D eigenvalue weighted by Gasteiger charge is 2.36. The minimum absolute atomic E-state index is 0.150. The van der Waals surface area contributed by atoms with Gasteiger partial charge in [0.2, 0.25) is 0 Å². The van der Waals surface area contributed by atoms with E-state index in [-0.39, 0.29) is 11.9 Å². The standard InChI is InChI=1S/C15H19N3O2S/c1-2-20-14(19)11-6-7-12-13(11)17-15(21-12)18(9-3-8-16)10-4-5-10/h10-11H,2-7,9H2,1H3. The molecule has 1 aromatic rings. The zero-order valence-corrected chi connectivity index (χ0v) is 13.0. The molecule has 6 heteroatoms. The number of aryl methyl sites for hydroxylation is 1. The van der Waals surface area contributed by atoms with Crippen molar-refractivity contribution in [1.82, 2.24) is 4.98 Å². The number of hydrogen-bond acceptors (Lipinski definition) is 6. The Balaban J connectivity index is 1.79. The zero-order valence-electron chi connectivity index (χ0n) is 12.2. The molecule has 1 heterocycles. The van der Waals surface area contributed by atoms with Gasteiger partial charge in [-0.25, -0.2) is 4.98 Å². The summed E-state index contributed by atoms with van der Waals surface area (Å²) in [6.07, 6.45) is 4.60. The van der Waals surface area contributed by atoms with Crippen LogP contribution in [0.25, 0.3) is 0 Å². The van der Waals surface area contributed by atoms with Crippen LogP contribution in [0.5, 0.6) is 0 Å². The van der Waals surface area contributed by atoms with E-state index in [4.69, 9.17) is 15.0 Å². The summed E-state index contributed by atoms with van der Waals surface area (Å²) in [6.45, 7) is 2.98. The Morgan fingerprint density at radius 1 is 1.52 bits per heavy atom. The maximum atomic E-state index is 12.0. The average molecular weight is 305 g/mol. The molecule has 5 nitrogen and oxygen atoms in total. The number of carbonyl (C=O) groups excluding carboxylic acids is 1. The smallest absolute Gasteiger partial charge is 0.315 e. The van der Waals surface area contributed by atoms with Gasteiger partial charge >= 0.3 is 5.97 Å². The van der Waals surface area contributed by atoms with E-state index in [1.807, 2.05) is 6.92 Å². The van der Waals surface area contributed by atoms with Crippen LogP contribution in [0.1, 0.15) is 49.1 Å². The molecule has 1 saturated carbocycles. The van der Waals surface area contributed by atoms with Gasteiger partial charge in [-0.15, -0.1) is 11.3 Å². The summed E-state index contributed by atoms with van der Waals surface area (Å²) in [4.78, 5) is 20.2. The molecule has 1 atom stereocenters. The lowest BCUT2D eigenvalue weighted by atomic mass is 10.1. The summed E-state index contributed by atoms with van der Waals surface area (Å²) in [5.41, 5.74) is 0.913. The Morgan fingerprint density at radius 3 is 3.00 bits per heavy atom. The van der Waals surface area contributed by atoms with Gasteiger partial charge in [-0.05, 0) is 32.6 Å². The molecule has 0 N–H and O–H groups in total. The molecule has 0 aliphatic heterocycles. The fourth-order valence-electron chi connectivity index (χ4n) is 2.80. The molecular formula is C15H19N3O2S. The molecule has 1 fully saturated rings. The van der Waals surface area contributed by atoms with Crippen LogP contribution in [0, 0.1) is 11.3 Å². The van der Waals surface area contributed by atoms with Gasteiger partial charge in [0, 0.05) is 17.5 Å². The van der Waals surface area contributed by atoms with E-state index in [9.17, 15) is 4.79 Å². The van der Waals surface area contributed by atoms with E-state index >= 15 is 0 Å². The van der Waals surface area contributed by atoms with E-state index in [1.165, 1.54) is 17.7 Å². The van der Waals surface area contributed by atoms with E-state index < -0.39 is 0 Å². The maximum absolute atomic E-state index is 12.0. The molecule has 112 valence electrons. The number of carbonyl (C=O) groups is 1. The summed E-state index contributed by atoms with van der Waals surface area (Å²) in [7, 11) is 0. The van der Waals surface area contributed by atoms with Crippen molar-refractivity contribution >= 4 is 22.4 Å². The fraction of sp³-hybridized carbons (Fsp3) is 0.667. The van der Waals surface area contributed by atoms with Crippen molar-refractivity contribution in [2.45, 2.75) is 51.0 Å². The van der Waals surface area contributed by atoms with Gasteiger partial charge in [0.1, 0.15) is 5.92 Å². The van der Waals surface area contributed by atoms with Crippen molar-refractivity contribution in [3.8, 4) is 6.07 Å². The van der Waals surface area contributed by atoms with Crippen LogP contribution in [-0.2, 0) is 16.0 Å². The first-order valence-electron chi connectivity index (χ1n) is 7.54. The Morgan fingerprint density at radius 2 is 2.33 bits per heavy atom. The topological polar surface area (TPSA) is 66.2 Å². The molecule has 0 amide bonds. The third-order valence-electron chi connectivity index (χ3n) is 3.98. The summed E-state index contributed by atoms with van der Waals surface area (Å²) >= 11 is 1.69. The van der Waals surface area contributed by atoms with Crippen molar-refractivity contribution in [3.63, 3.8) is 0 Å². The van der Waals surface area contributed by atoms with Gasteiger partial charge in [0.15, 0.2) is 5.13 Å². The number of rotatable bonds is 6. The molecule has 1 unspecified atom stereocenters. The molecule has 0 aromatic carbocycles. The van der Waals surface area contributed by atoms with Gasteiger partial charge in [0.25, 0.3) is 0 Å². The maximum Gasteiger partial charge on any atom is 0.315 e. The fourth-order valence-corrected chi connectivity index (χ4v) is 4.03. The molecule has 0 spiro atoms. The van der Waals surface area contributed by atoms with Crippen LogP contribution in [0.4, 0.5) is 5.13 Å². The van der Waals surface area contributed by atoms with Crippen LogP contribution in [0.15, 0.2) is 0 Å². The van der Waals surface area contributed by atoms with Crippen molar-refractivity contribution in [2.24, 2.45) is 0 Å². The van der Waals surface area contributed by atoms with E-state index in [0.29, 0.717) is 19.1 Å². The van der Waals surface area contributed by atoms with Gasteiger partial charge in [-0.2, -0.15) is 5.26 Å². The van der Waals surface area contributed by atoms with Crippen LogP contribution < -0.4 is 4.90 Å². The first-order chi connectivity index (χ1) is 10.2. The second kappa shape index (κ2) is 6.02. The second-order valence-electron chi connectivity index (χ2n) is 5.48. The number of nitriles is 1. The molecule has 21 heavy (non-hydrogen) atoms. The quantitative estimate of drug-likeness (QED) is 0.756. The Kier molecular flexibility index (Phi) is 4.11. The van der Waals surface area contributed by atoms with Crippen molar-refractivity contribution in [1.29, 1.82) is 5.26 Å². The molecule has 2 aliphatic rings. The Bertz CT molecular complexity index is 574. The van der Waals surface area contributed by atoms with Crippen molar-refractivity contribution < 1.29 is 9.53 Å². The van der Waals surface area contributed by atoms with Crippen LogP contribution in [0.3, 0.4) is 0 Å². The molecule has 3 rings (SSSR count). The minimum Gasteiger partial charge on any atom is -0.465 e. The molecule has 0 radical (unpaired) electrons. The first-order valence-corrected chi connectivity index (χ1v) is 8.36. The van der Waals surface area contributed by atoms with Gasteiger partial charge < -0.3 is 9.64 Å². The van der Waals surface area contributed by atoms with Crippen molar-refractivity contribution in [3.05, 3.63) is 10.6 Å². The predicted molar refractivity (Wildman–Crippen MR) is 80.4 cm³/mol. The molecular weight excluding hydrogens is 286 g/mol. The molecule has 0 bridgehead atoms. The highest BCUT2D eigenvalue weighted by atomic mass is 32.1. The predicted octanol–water partition coefficient (Wildman–Crippen LogP) is 2.62. The lowest BCUT2D eigenvalue weighted by molar-refractivity contribution is -0.145. The number of anilines is 1. The number of ether oxygens (including phenoxy) is 1. The summed E-state index contributed by atoms with van der Waals surface area (Å²) < 4.78 is 5.15. The highest BCUT2D eigenvalue weighted by molar-refractivity contribution is 7.15. The first kappa shape index (κ1) is 14.3. The summed E-state index contributed by atoms with van der Waals surface area (Å²) in [5, 5.41) is 9.78. The van der Waals surface area contributed by atoms with E-state index in [0.717, 1.165) is 30.2 Å². The van der Waals surface area contributed by atoms with E-state index in [1.54, 1.807) is 11.3 Å². The molecule has 0 saturated heterocycles. The number of nitrogens with zero attached hydrogens (tertiary/aromatic N) is 3. The summed E-state index contributed by atoms with van der Waals surface area (Å²) in [6, 6.07) is 2.74. The highest BCUT2D eigenvalue weighted by Crippen LogP contribution is 2.42. The number of hydrogen-bond donors (Lipinski definition) is 0. The molecule has 1 aromatic heterocycles. The summed E-state index contributed by atoms with van der Waals surface area (Å²) in [5.74, 6) is -0.343.